The number of nitrogens with zero attached hydrogens (tertiary/aromatic N) is 2. The molecule has 26 heavy (non-hydrogen) atoms. The molecule has 1 aliphatic heterocycles. The Morgan fingerprint density at radius 3 is 2.31 bits per heavy atom. The van der Waals surface area contributed by atoms with Crippen molar-refractivity contribution in [1.82, 2.24) is 9.80 Å². The molecule has 0 N–H and O–H groups in total. The van der Waals surface area contributed by atoms with Gasteiger partial charge in [0, 0.05) is 32.1 Å². The first-order chi connectivity index (χ1) is 12.7. The van der Waals surface area contributed by atoms with Gasteiger partial charge in [0.2, 0.25) is 11.8 Å². The summed E-state index contributed by atoms with van der Waals surface area (Å²) in [5.74, 6) is 0.833. The molecule has 3 fully saturated rings. The molecule has 1 saturated heterocycles. The molecule has 0 aromatic heterocycles. The van der Waals surface area contributed by atoms with Crippen molar-refractivity contribution in [1.29, 1.82) is 0 Å². The van der Waals surface area contributed by atoms with Crippen molar-refractivity contribution in [2.75, 3.05) is 32.8 Å². The molecule has 1 aromatic carbocycles. The molecule has 2 atom stereocenters. The number of benzene rings is 1. The zero-order valence-corrected chi connectivity index (χ0v) is 15.3. The highest BCUT2D eigenvalue weighted by atomic mass is 16.5. The number of carbonyl (C=O) groups excluding carboxylic acids is 2. The van der Waals surface area contributed by atoms with Crippen LogP contribution in [0.2, 0.25) is 0 Å². The Morgan fingerprint density at radius 1 is 0.962 bits per heavy atom. The third-order valence-electron chi connectivity index (χ3n) is 6.02. The first-order valence-electron chi connectivity index (χ1n) is 9.95. The Labute approximate surface area is 155 Å². The van der Waals surface area contributed by atoms with E-state index in [4.69, 9.17) is 4.74 Å². The lowest BCUT2D eigenvalue weighted by atomic mass is 10.1. The van der Waals surface area contributed by atoms with Gasteiger partial charge in [0.1, 0.15) is 6.61 Å². The maximum Gasteiger partial charge on any atom is 0.248 e. The fourth-order valence-electron chi connectivity index (χ4n) is 4.28. The molecule has 0 unspecified atom stereocenters. The van der Waals surface area contributed by atoms with Gasteiger partial charge in [-0.15, -0.1) is 0 Å². The predicted molar refractivity (Wildman–Crippen MR) is 98.7 cm³/mol. The van der Waals surface area contributed by atoms with Crippen LogP contribution in [0.1, 0.15) is 43.6 Å². The van der Waals surface area contributed by atoms with E-state index in [0.29, 0.717) is 32.1 Å². The molecule has 5 nitrogen and oxygen atoms in total. The molecule has 4 rings (SSSR count). The fraction of sp³-hybridized carbons (Fsp3) is 0.619. The largest absolute Gasteiger partial charge is 0.368 e. The van der Waals surface area contributed by atoms with Crippen LogP contribution in [0.5, 0.6) is 0 Å². The molecular weight excluding hydrogens is 328 g/mol. The number of rotatable bonds is 5. The topological polar surface area (TPSA) is 49.9 Å². The summed E-state index contributed by atoms with van der Waals surface area (Å²) in [6, 6.07) is 10.3. The molecule has 2 saturated carbocycles. The van der Waals surface area contributed by atoms with E-state index in [0.717, 1.165) is 19.3 Å². The summed E-state index contributed by atoms with van der Waals surface area (Å²) in [5, 5.41) is 0. The molecular formula is C21H28N2O3. The zero-order chi connectivity index (χ0) is 17.9. The highest BCUT2D eigenvalue weighted by Crippen LogP contribution is 2.48. The summed E-state index contributed by atoms with van der Waals surface area (Å²) in [5.41, 5.74) is 1.27. The SMILES string of the molecule is O=C(COC1CCCC1)N1CCN(C(=O)[C@@H]2C[C@H]2c2ccccc2)CC1. The van der Waals surface area contributed by atoms with Crippen molar-refractivity contribution in [3.05, 3.63) is 35.9 Å². The van der Waals surface area contributed by atoms with E-state index < -0.39 is 0 Å². The van der Waals surface area contributed by atoms with Crippen LogP contribution in [0.4, 0.5) is 0 Å². The van der Waals surface area contributed by atoms with Gasteiger partial charge in [-0.05, 0) is 30.7 Å². The number of carbonyl (C=O) groups is 2. The smallest absolute Gasteiger partial charge is 0.248 e. The first-order valence-corrected chi connectivity index (χ1v) is 9.95. The third kappa shape index (κ3) is 3.93. The maximum atomic E-state index is 12.7. The van der Waals surface area contributed by atoms with E-state index in [1.807, 2.05) is 28.0 Å². The van der Waals surface area contributed by atoms with Crippen molar-refractivity contribution in [3.63, 3.8) is 0 Å². The average molecular weight is 356 g/mol. The highest BCUT2D eigenvalue weighted by molar-refractivity contribution is 5.83. The monoisotopic (exact) mass is 356 g/mol. The minimum Gasteiger partial charge on any atom is -0.368 e. The number of hydrogen-bond acceptors (Lipinski definition) is 3. The van der Waals surface area contributed by atoms with Crippen LogP contribution < -0.4 is 0 Å². The van der Waals surface area contributed by atoms with Crippen molar-refractivity contribution < 1.29 is 14.3 Å². The normalized spacial score (nSPS) is 26.2. The van der Waals surface area contributed by atoms with Gasteiger partial charge in [-0.1, -0.05) is 43.2 Å². The quantitative estimate of drug-likeness (QED) is 0.814. The number of ether oxygens (including phenoxy) is 1. The van der Waals surface area contributed by atoms with Gasteiger partial charge in [0.05, 0.1) is 6.10 Å². The van der Waals surface area contributed by atoms with Gasteiger partial charge in [-0.3, -0.25) is 9.59 Å². The van der Waals surface area contributed by atoms with E-state index in [9.17, 15) is 9.59 Å². The summed E-state index contributed by atoms with van der Waals surface area (Å²) in [4.78, 5) is 28.8. The predicted octanol–water partition coefficient (Wildman–Crippen LogP) is 2.42. The van der Waals surface area contributed by atoms with Crippen molar-refractivity contribution in [2.24, 2.45) is 5.92 Å². The van der Waals surface area contributed by atoms with Crippen LogP contribution in [0.3, 0.4) is 0 Å². The summed E-state index contributed by atoms with van der Waals surface area (Å²) in [6.45, 7) is 2.73. The van der Waals surface area contributed by atoms with E-state index in [2.05, 4.69) is 12.1 Å². The summed E-state index contributed by atoms with van der Waals surface area (Å²) in [6.07, 6.45) is 5.82. The maximum absolute atomic E-state index is 12.7. The minimum absolute atomic E-state index is 0.0672. The number of amides is 2. The first kappa shape index (κ1) is 17.5. The fourth-order valence-corrected chi connectivity index (χ4v) is 4.28. The molecule has 3 aliphatic rings. The van der Waals surface area contributed by atoms with Crippen molar-refractivity contribution >= 4 is 11.8 Å². The Morgan fingerprint density at radius 2 is 1.62 bits per heavy atom. The lowest BCUT2D eigenvalue weighted by molar-refractivity contribution is -0.144. The lowest BCUT2D eigenvalue weighted by Gasteiger charge is -2.35. The molecule has 2 aliphatic carbocycles. The molecule has 2 amide bonds. The molecule has 0 spiro atoms. The van der Waals surface area contributed by atoms with E-state index in [1.165, 1.54) is 18.4 Å². The Bertz CT molecular complexity index is 634. The number of piperazine rings is 1. The molecule has 0 radical (unpaired) electrons. The van der Waals surface area contributed by atoms with Crippen LogP contribution in [-0.2, 0) is 14.3 Å². The Hall–Kier alpha value is -1.88. The summed E-state index contributed by atoms with van der Waals surface area (Å²) in [7, 11) is 0. The van der Waals surface area contributed by atoms with Crippen LogP contribution in [-0.4, -0.2) is 60.5 Å². The van der Waals surface area contributed by atoms with Gasteiger partial charge < -0.3 is 14.5 Å². The van der Waals surface area contributed by atoms with Gasteiger partial charge in [0.25, 0.3) is 0 Å². The van der Waals surface area contributed by atoms with Gasteiger partial charge in [-0.25, -0.2) is 0 Å². The van der Waals surface area contributed by atoms with E-state index in [-0.39, 0.29) is 30.4 Å². The van der Waals surface area contributed by atoms with Crippen molar-refractivity contribution in [3.8, 4) is 0 Å². The highest BCUT2D eigenvalue weighted by Gasteiger charge is 2.46. The minimum atomic E-state index is 0.0672. The van der Waals surface area contributed by atoms with E-state index in [1.54, 1.807) is 0 Å². The van der Waals surface area contributed by atoms with Crippen LogP contribution in [0.15, 0.2) is 30.3 Å². The summed E-state index contributed by atoms with van der Waals surface area (Å²) >= 11 is 0. The molecule has 140 valence electrons. The Balaban J connectivity index is 1.21. The second kappa shape index (κ2) is 7.78. The van der Waals surface area contributed by atoms with Gasteiger partial charge in [0.15, 0.2) is 0 Å². The lowest BCUT2D eigenvalue weighted by Crippen LogP contribution is -2.52. The standard InChI is InChI=1S/C21H28N2O3/c24-20(15-26-17-8-4-5-9-17)22-10-12-23(13-11-22)21(25)19-14-18(19)16-6-2-1-3-7-16/h1-3,6-7,17-19H,4-5,8-15H2/t18-,19+/m0/s1. The van der Waals surface area contributed by atoms with E-state index >= 15 is 0 Å². The van der Waals surface area contributed by atoms with Crippen LogP contribution >= 0.6 is 0 Å². The van der Waals surface area contributed by atoms with Crippen molar-refractivity contribution in [2.45, 2.75) is 44.1 Å². The Kier molecular flexibility index (Phi) is 5.25. The molecule has 5 heteroatoms. The van der Waals surface area contributed by atoms with Gasteiger partial charge in [-0.2, -0.15) is 0 Å². The van der Waals surface area contributed by atoms with Crippen LogP contribution in [0.25, 0.3) is 0 Å². The second-order valence-electron chi connectivity index (χ2n) is 7.78. The van der Waals surface area contributed by atoms with Gasteiger partial charge >= 0.3 is 0 Å². The van der Waals surface area contributed by atoms with Crippen LogP contribution in [0, 0.1) is 5.92 Å². The summed E-state index contributed by atoms with van der Waals surface area (Å²) < 4.78 is 5.73. The zero-order valence-electron chi connectivity index (χ0n) is 15.3. The molecule has 1 aromatic rings. The second-order valence-corrected chi connectivity index (χ2v) is 7.78. The molecule has 0 bridgehead atoms. The molecule has 1 heterocycles. The number of hydrogen-bond donors (Lipinski definition) is 0. The third-order valence-corrected chi connectivity index (χ3v) is 6.02. The average Bonchev–Trinajstić information content (AvgIpc) is 3.33.